The molecule has 2 rings (SSSR count). The molecule has 104 valence electrons. The molecule has 1 atom stereocenters. The molecule has 0 amide bonds. The number of piperidine rings is 1. The van der Waals surface area contributed by atoms with Gasteiger partial charge in [0, 0.05) is 6.54 Å². The summed E-state index contributed by atoms with van der Waals surface area (Å²) >= 11 is 0. The minimum atomic E-state index is -0.878. The molecule has 0 spiro atoms. The average molecular weight is 262 g/mol. The van der Waals surface area contributed by atoms with E-state index in [1.165, 1.54) is 11.1 Å². The predicted molar refractivity (Wildman–Crippen MR) is 74.8 cm³/mol. The molecule has 0 saturated carbocycles. The molecular formula is C15H22N2O2. The fourth-order valence-electron chi connectivity index (χ4n) is 2.62. The average Bonchev–Trinajstić information content (AvgIpc) is 2.41. The zero-order valence-electron chi connectivity index (χ0n) is 11.4. The largest absolute Gasteiger partial charge is 0.480 e. The molecule has 0 aliphatic carbocycles. The molecule has 0 bridgehead atoms. The molecule has 1 aromatic carbocycles. The fraction of sp³-hybridized carbons (Fsp3) is 0.533. The Morgan fingerprint density at radius 2 is 1.95 bits per heavy atom. The van der Waals surface area contributed by atoms with Crippen LogP contribution in [0, 0.1) is 12.8 Å². The number of benzene rings is 1. The highest BCUT2D eigenvalue weighted by Gasteiger charge is 2.28. The zero-order chi connectivity index (χ0) is 13.8. The summed E-state index contributed by atoms with van der Waals surface area (Å²) in [7, 11) is 0. The van der Waals surface area contributed by atoms with Gasteiger partial charge < -0.3 is 10.8 Å². The van der Waals surface area contributed by atoms with E-state index in [2.05, 4.69) is 36.1 Å². The van der Waals surface area contributed by atoms with Crippen LogP contribution in [0.1, 0.15) is 24.0 Å². The van der Waals surface area contributed by atoms with E-state index in [0.717, 1.165) is 32.5 Å². The van der Waals surface area contributed by atoms with Crippen LogP contribution in [0.4, 0.5) is 0 Å². The molecule has 1 unspecified atom stereocenters. The van der Waals surface area contributed by atoms with Crippen molar-refractivity contribution in [1.29, 1.82) is 0 Å². The van der Waals surface area contributed by atoms with E-state index in [9.17, 15) is 4.79 Å². The number of likely N-dealkylation sites (tertiary alicyclic amines) is 1. The predicted octanol–water partition coefficient (Wildman–Crippen LogP) is 1.62. The Bertz CT molecular complexity index is 422. The number of hydrogen-bond acceptors (Lipinski definition) is 3. The SMILES string of the molecule is Cc1ccc(CN2CCC(C(N)C(=O)O)CC2)cc1. The Hall–Kier alpha value is -1.39. The highest BCUT2D eigenvalue weighted by molar-refractivity contribution is 5.73. The van der Waals surface area contributed by atoms with Gasteiger partial charge in [-0.1, -0.05) is 29.8 Å². The second-order valence-electron chi connectivity index (χ2n) is 5.46. The number of aryl methyl sites for hydroxylation is 1. The molecule has 1 aliphatic rings. The van der Waals surface area contributed by atoms with Gasteiger partial charge in [-0.05, 0) is 44.3 Å². The summed E-state index contributed by atoms with van der Waals surface area (Å²) in [5.41, 5.74) is 8.27. The lowest BCUT2D eigenvalue weighted by Crippen LogP contribution is -2.44. The van der Waals surface area contributed by atoms with Gasteiger partial charge >= 0.3 is 5.97 Å². The zero-order valence-corrected chi connectivity index (χ0v) is 11.4. The van der Waals surface area contributed by atoms with Crippen LogP contribution in [0.3, 0.4) is 0 Å². The smallest absolute Gasteiger partial charge is 0.320 e. The van der Waals surface area contributed by atoms with Gasteiger partial charge in [-0.3, -0.25) is 9.69 Å². The van der Waals surface area contributed by atoms with Crippen LogP contribution in [0.5, 0.6) is 0 Å². The normalized spacial score (nSPS) is 19.3. The quantitative estimate of drug-likeness (QED) is 0.865. The number of hydrogen-bond donors (Lipinski definition) is 2. The number of rotatable bonds is 4. The first-order valence-corrected chi connectivity index (χ1v) is 6.82. The molecule has 4 heteroatoms. The van der Waals surface area contributed by atoms with Gasteiger partial charge in [-0.15, -0.1) is 0 Å². The van der Waals surface area contributed by atoms with Crippen LogP contribution in [0.25, 0.3) is 0 Å². The Morgan fingerprint density at radius 1 is 1.37 bits per heavy atom. The third-order valence-corrected chi connectivity index (χ3v) is 3.95. The Labute approximate surface area is 114 Å². The van der Waals surface area contributed by atoms with Crippen LogP contribution >= 0.6 is 0 Å². The second kappa shape index (κ2) is 6.17. The van der Waals surface area contributed by atoms with Crippen molar-refractivity contribution in [1.82, 2.24) is 4.90 Å². The van der Waals surface area contributed by atoms with E-state index in [1.54, 1.807) is 0 Å². The van der Waals surface area contributed by atoms with E-state index in [0.29, 0.717) is 0 Å². The van der Waals surface area contributed by atoms with Gasteiger partial charge in [-0.25, -0.2) is 0 Å². The van der Waals surface area contributed by atoms with Crippen molar-refractivity contribution in [2.24, 2.45) is 11.7 Å². The minimum absolute atomic E-state index is 0.117. The number of carbonyl (C=O) groups is 1. The lowest BCUT2D eigenvalue weighted by molar-refractivity contribution is -0.140. The Morgan fingerprint density at radius 3 is 2.47 bits per heavy atom. The molecule has 0 aromatic heterocycles. The summed E-state index contributed by atoms with van der Waals surface area (Å²) in [5.74, 6) is -0.760. The van der Waals surface area contributed by atoms with Crippen molar-refractivity contribution in [2.75, 3.05) is 13.1 Å². The molecule has 1 heterocycles. The van der Waals surface area contributed by atoms with Crippen molar-refractivity contribution in [3.8, 4) is 0 Å². The standard InChI is InChI=1S/C15H22N2O2/c1-11-2-4-12(5-3-11)10-17-8-6-13(7-9-17)14(16)15(18)19/h2-5,13-14H,6-10,16H2,1H3,(H,18,19). The van der Waals surface area contributed by atoms with Gasteiger partial charge in [-0.2, -0.15) is 0 Å². The molecular weight excluding hydrogens is 240 g/mol. The third kappa shape index (κ3) is 3.78. The van der Waals surface area contributed by atoms with E-state index >= 15 is 0 Å². The number of nitrogens with zero attached hydrogens (tertiary/aromatic N) is 1. The van der Waals surface area contributed by atoms with Crippen LogP contribution in [0.15, 0.2) is 24.3 Å². The monoisotopic (exact) mass is 262 g/mol. The van der Waals surface area contributed by atoms with E-state index in [-0.39, 0.29) is 5.92 Å². The molecule has 1 aliphatic heterocycles. The molecule has 3 N–H and O–H groups in total. The van der Waals surface area contributed by atoms with E-state index in [1.807, 2.05) is 0 Å². The number of aliphatic carboxylic acids is 1. The van der Waals surface area contributed by atoms with E-state index in [4.69, 9.17) is 10.8 Å². The maximum atomic E-state index is 10.9. The van der Waals surface area contributed by atoms with Crippen LogP contribution in [0.2, 0.25) is 0 Å². The second-order valence-corrected chi connectivity index (χ2v) is 5.46. The van der Waals surface area contributed by atoms with Gasteiger partial charge in [0.25, 0.3) is 0 Å². The van der Waals surface area contributed by atoms with Gasteiger partial charge in [0.15, 0.2) is 0 Å². The van der Waals surface area contributed by atoms with Crippen molar-refractivity contribution in [2.45, 2.75) is 32.4 Å². The lowest BCUT2D eigenvalue weighted by atomic mass is 9.90. The summed E-state index contributed by atoms with van der Waals surface area (Å²) in [6.45, 7) is 4.89. The molecule has 0 radical (unpaired) electrons. The molecule has 1 fully saturated rings. The maximum absolute atomic E-state index is 10.9. The highest BCUT2D eigenvalue weighted by Crippen LogP contribution is 2.21. The maximum Gasteiger partial charge on any atom is 0.320 e. The van der Waals surface area contributed by atoms with E-state index < -0.39 is 12.0 Å². The van der Waals surface area contributed by atoms with Gasteiger partial charge in [0.1, 0.15) is 6.04 Å². The summed E-state index contributed by atoms with van der Waals surface area (Å²) in [6, 6.07) is 7.86. The first-order valence-electron chi connectivity index (χ1n) is 6.82. The third-order valence-electron chi connectivity index (χ3n) is 3.95. The summed E-state index contributed by atoms with van der Waals surface area (Å²) in [5, 5.41) is 8.92. The van der Waals surface area contributed by atoms with Crippen LogP contribution in [-0.4, -0.2) is 35.1 Å². The van der Waals surface area contributed by atoms with Crippen LogP contribution in [-0.2, 0) is 11.3 Å². The Balaban J connectivity index is 1.83. The molecule has 4 nitrogen and oxygen atoms in total. The fourth-order valence-corrected chi connectivity index (χ4v) is 2.62. The molecule has 1 aromatic rings. The highest BCUT2D eigenvalue weighted by atomic mass is 16.4. The van der Waals surface area contributed by atoms with Crippen molar-refractivity contribution < 1.29 is 9.90 Å². The summed E-state index contributed by atoms with van der Waals surface area (Å²) in [6.07, 6.45) is 1.75. The van der Waals surface area contributed by atoms with Crippen LogP contribution < -0.4 is 5.73 Å². The first-order chi connectivity index (χ1) is 9.06. The van der Waals surface area contributed by atoms with Gasteiger partial charge in [0.05, 0.1) is 0 Å². The molecule has 1 saturated heterocycles. The van der Waals surface area contributed by atoms with Crippen molar-refractivity contribution in [3.63, 3.8) is 0 Å². The number of nitrogens with two attached hydrogens (primary N) is 1. The number of carboxylic acid groups (broad SMARTS) is 1. The van der Waals surface area contributed by atoms with Crippen molar-refractivity contribution in [3.05, 3.63) is 35.4 Å². The number of carboxylic acids is 1. The summed E-state index contributed by atoms with van der Waals surface area (Å²) < 4.78 is 0. The molecule has 19 heavy (non-hydrogen) atoms. The first kappa shape index (κ1) is 14.0. The minimum Gasteiger partial charge on any atom is -0.480 e. The topological polar surface area (TPSA) is 66.6 Å². The van der Waals surface area contributed by atoms with Crippen molar-refractivity contribution >= 4 is 5.97 Å². The lowest BCUT2D eigenvalue weighted by Gasteiger charge is -2.33. The summed E-state index contributed by atoms with van der Waals surface area (Å²) in [4.78, 5) is 13.2. The Kier molecular flexibility index (Phi) is 4.56. The van der Waals surface area contributed by atoms with Gasteiger partial charge in [0.2, 0.25) is 0 Å².